The maximum absolute atomic E-state index is 15.5. The molecule has 4 aliphatic carbocycles. The number of amides is 2. The monoisotopic (exact) mass is 924 g/mol. The molecular formula is C50H64N6O9S. The molecule has 1 fully saturated rings. The SMILES string of the molecule is CNCN[C@@H](CCC(=O)N[C@@H](CS[C@H]1C2=C3[C@H](CCCCCC14CCCC4)CC(Cc1ccncc1)=C1[C@@H](NC)CCc4ccccc4CC#C[C@]31C(=O)O2)C(=O)N[C@@H](O)C(=O)O)C(=O)O. The number of esters is 1. The number of carboxylic acid groups (broad SMARTS) is 2. The van der Waals surface area contributed by atoms with Crippen LogP contribution >= 0.6 is 11.8 Å². The number of allylic oxidation sites excluding steroid dienone is 1. The summed E-state index contributed by atoms with van der Waals surface area (Å²) in [5.74, 6) is 2.93. The number of thioether (sulfide) groups is 1. The number of carbonyl (C=O) groups excluding carboxylic acids is 3. The summed E-state index contributed by atoms with van der Waals surface area (Å²) in [6.07, 6.45) is 12.7. The van der Waals surface area contributed by atoms with Gasteiger partial charge in [-0.2, -0.15) is 0 Å². The second-order valence-electron chi connectivity index (χ2n) is 18.4. The molecule has 0 saturated heterocycles. The summed E-state index contributed by atoms with van der Waals surface area (Å²) in [7, 11) is 3.60. The Morgan fingerprint density at radius 2 is 1.64 bits per heavy atom. The number of hydrogen-bond acceptors (Lipinski definition) is 12. The molecule has 7 rings (SSSR count). The highest BCUT2D eigenvalue weighted by Gasteiger charge is 2.62. The van der Waals surface area contributed by atoms with Gasteiger partial charge in [-0.25, -0.2) is 9.59 Å². The number of likely N-dealkylation sites (N-methyl/N-ethyl adjacent to an activating group) is 1. The first-order chi connectivity index (χ1) is 31.9. The van der Waals surface area contributed by atoms with Crippen LogP contribution in [0.2, 0.25) is 0 Å². The van der Waals surface area contributed by atoms with Crippen molar-refractivity contribution in [1.29, 1.82) is 0 Å². The van der Waals surface area contributed by atoms with Gasteiger partial charge in [0, 0.05) is 49.3 Å². The van der Waals surface area contributed by atoms with E-state index in [-0.39, 0.29) is 42.6 Å². The minimum Gasteiger partial charge on any atom is -0.480 e. The van der Waals surface area contributed by atoms with Crippen molar-refractivity contribution in [3.8, 4) is 11.8 Å². The lowest BCUT2D eigenvalue weighted by molar-refractivity contribution is -0.151. The van der Waals surface area contributed by atoms with Crippen molar-refractivity contribution in [2.45, 2.75) is 132 Å². The van der Waals surface area contributed by atoms with Gasteiger partial charge in [-0.05, 0) is 118 Å². The number of fused-ring (bicyclic) bond motifs is 1. The molecule has 66 heavy (non-hydrogen) atoms. The van der Waals surface area contributed by atoms with Crippen LogP contribution in [-0.4, -0.2) is 106 Å². The first-order valence-electron chi connectivity index (χ1n) is 23.5. The summed E-state index contributed by atoms with van der Waals surface area (Å²) in [4.78, 5) is 70.9. The molecule has 0 unspecified atom stereocenters. The number of benzene rings is 1. The fraction of sp³-hybridized carbons (Fsp3) is 0.560. The first kappa shape index (κ1) is 48.9. The second kappa shape index (κ2) is 22.2. The normalized spacial score (nSPS) is 24.9. The Kier molecular flexibility index (Phi) is 16.4. The highest BCUT2D eigenvalue weighted by Crippen LogP contribution is 2.62. The molecule has 354 valence electrons. The lowest BCUT2D eigenvalue weighted by Crippen LogP contribution is -2.53. The zero-order valence-electron chi connectivity index (χ0n) is 38.0. The van der Waals surface area contributed by atoms with Gasteiger partial charge in [0.15, 0.2) is 5.41 Å². The lowest BCUT2D eigenvalue weighted by Gasteiger charge is -2.44. The van der Waals surface area contributed by atoms with Crippen LogP contribution in [0.5, 0.6) is 0 Å². The Bertz CT molecular complexity index is 2250. The van der Waals surface area contributed by atoms with Crippen molar-refractivity contribution < 1.29 is 44.0 Å². The van der Waals surface area contributed by atoms with Crippen LogP contribution < -0.4 is 26.6 Å². The Labute approximate surface area is 391 Å². The highest BCUT2D eigenvalue weighted by atomic mass is 32.2. The minimum absolute atomic E-state index is 0.0553. The quantitative estimate of drug-likeness (QED) is 0.0483. The molecule has 15 nitrogen and oxygen atoms in total. The number of carboxylic acids is 2. The highest BCUT2D eigenvalue weighted by molar-refractivity contribution is 8.00. The molecule has 1 aromatic carbocycles. The van der Waals surface area contributed by atoms with E-state index in [2.05, 4.69) is 61.6 Å². The summed E-state index contributed by atoms with van der Waals surface area (Å²) < 4.78 is 6.86. The van der Waals surface area contributed by atoms with Crippen molar-refractivity contribution in [3.05, 3.63) is 88.0 Å². The van der Waals surface area contributed by atoms with Crippen molar-refractivity contribution in [3.63, 3.8) is 0 Å². The maximum atomic E-state index is 15.5. The standard InChI is InChI=1S/C50H64N6O9S/c1-51-30-54-37(46(60)61)17-18-39(57)55-38(44(58)56-45(59)47(62)63)29-66-43-42-41-34(13-4-3-7-21-49(43)22-8-9-23-49)28-35(27-31-19-25-53-26-20-31)40-36(52-2)16-15-33-12-6-5-11-32(33)14-10-24-50(40,41)48(64)65-42/h5-6,11-12,19-20,25-26,34,36-38,43,45,51-52,54,59H,3-4,7-9,13-18,21-23,27-30H2,1-2H3,(H,55,57)(H,56,58)(H,60,61)(H,62,63)/t34-,36+,37+,38+,43+,45+,50-/m1/s1. The third-order valence-electron chi connectivity index (χ3n) is 14.3. The fourth-order valence-electron chi connectivity index (χ4n) is 11.1. The van der Waals surface area contributed by atoms with E-state index in [9.17, 15) is 34.5 Å². The average Bonchev–Trinajstić information content (AvgIpc) is 3.90. The molecular weight excluding hydrogens is 861 g/mol. The van der Waals surface area contributed by atoms with Crippen LogP contribution in [0, 0.1) is 28.6 Å². The second-order valence-corrected chi connectivity index (χ2v) is 19.5. The molecule has 7 atom stereocenters. The lowest BCUT2D eigenvalue weighted by atomic mass is 9.58. The number of aromatic nitrogens is 1. The molecule has 2 amide bonds. The van der Waals surface area contributed by atoms with Crippen molar-refractivity contribution in [2.75, 3.05) is 26.5 Å². The predicted molar refractivity (Wildman–Crippen MR) is 249 cm³/mol. The molecule has 2 heterocycles. The number of aliphatic carboxylic acids is 2. The van der Waals surface area contributed by atoms with E-state index in [1.807, 2.05) is 25.2 Å². The van der Waals surface area contributed by atoms with E-state index < -0.39 is 58.7 Å². The fourth-order valence-corrected chi connectivity index (χ4v) is 12.8. The van der Waals surface area contributed by atoms with Crippen LogP contribution in [0.25, 0.3) is 0 Å². The van der Waals surface area contributed by atoms with Gasteiger partial charge in [0.05, 0.1) is 5.25 Å². The van der Waals surface area contributed by atoms with Gasteiger partial charge in [-0.15, -0.1) is 11.8 Å². The molecule has 2 aromatic rings. The smallest absolute Gasteiger partial charge is 0.353 e. The van der Waals surface area contributed by atoms with Gasteiger partial charge < -0.3 is 41.3 Å². The zero-order valence-corrected chi connectivity index (χ0v) is 38.8. The average molecular weight is 925 g/mol. The van der Waals surface area contributed by atoms with E-state index in [0.717, 1.165) is 92.9 Å². The summed E-state index contributed by atoms with van der Waals surface area (Å²) in [6, 6.07) is 9.80. The van der Waals surface area contributed by atoms with Crippen molar-refractivity contribution in [1.82, 2.24) is 31.6 Å². The number of ether oxygens (including phenoxy) is 1. The van der Waals surface area contributed by atoms with E-state index >= 15 is 4.79 Å². The Hall–Kier alpha value is -5.05. The molecule has 1 saturated carbocycles. The van der Waals surface area contributed by atoms with Crippen molar-refractivity contribution in [2.24, 2.45) is 16.7 Å². The predicted octanol–water partition coefficient (Wildman–Crippen LogP) is 4.15. The largest absolute Gasteiger partial charge is 0.480 e. The summed E-state index contributed by atoms with van der Waals surface area (Å²) in [6.45, 7) is 0.194. The van der Waals surface area contributed by atoms with Gasteiger partial charge in [0.25, 0.3) is 0 Å². The number of carbonyl (C=O) groups is 5. The summed E-state index contributed by atoms with van der Waals surface area (Å²) in [5, 5.41) is 43.2. The summed E-state index contributed by atoms with van der Waals surface area (Å²) in [5.41, 5.74) is 4.79. The Balaban J connectivity index is 1.35. The molecule has 2 spiro atoms. The van der Waals surface area contributed by atoms with Gasteiger partial charge in [0.1, 0.15) is 17.8 Å². The van der Waals surface area contributed by atoms with Crippen LogP contribution in [-0.2, 0) is 48.0 Å². The van der Waals surface area contributed by atoms with Gasteiger partial charge in [0.2, 0.25) is 18.0 Å². The number of aliphatic hydroxyl groups excluding tert-OH is 1. The topological polar surface area (TPSA) is 228 Å². The molecule has 8 N–H and O–H groups in total. The van der Waals surface area contributed by atoms with Crippen LogP contribution in [0.3, 0.4) is 0 Å². The Morgan fingerprint density at radius 1 is 0.909 bits per heavy atom. The Morgan fingerprint density at radius 3 is 2.33 bits per heavy atom. The number of rotatable bonds is 17. The molecule has 0 bridgehead atoms. The number of nitrogens with one attached hydrogen (secondary N) is 5. The molecule has 5 aliphatic rings. The zero-order chi connectivity index (χ0) is 46.8. The molecule has 16 heteroatoms. The molecule has 1 aliphatic heterocycles. The molecule has 0 radical (unpaired) electrons. The van der Waals surface area contributed by atoms with Crippen LogP contribution in [0.15, 0.2) is 71.3 Å². The van der Waals surface area contributed by atoms with E-state index in [4.69, 9.17) is 4.74 Å². The van der Waals surface area contributed by atoms with E-state index in [1.54, 1.807) is 19.4 Å². The van der Waals surface area contributed by atoms with Crippen LogP contribution in [0.4, 0.5) is 0 Å². The number of pyridine rings is 1. The van der Waals surface area contributed by atoms with Gasteiger partial charge in [-0.1, -0.05) is 73.8 Å². The van der Waals surface area contributed by atoms with Crippen LogP contribution in [0.1, 0.15) is 100 Å². The van der Waals surface area contributed by atoms with Crippen molar-refractivity contribution >= 4 is 41.5 Å². The van der Waals surface area contributed by atoms with Gasteiger partial charge >= 0.3 is 17.9 Å². The number of hydrogen-bond donors (Lipinski definition) is 8. The third-order valence-corrected chi connectivity index (χ3v) is 15.9. The van der Waals surface area contributed by atoms with E-state index in [1.165, 1.54) is 22.9 Å². The van der Waals surface area contributed by atoms with Gasteiger partial charge in [-0.3, -0.25) is 24.7 Å². The van der Waals surface area contributed by atoms with E-state index in [0.29, 0.717) is 25.0 Å². The maximum Gasteiger partial charge on any atom is 0.353 e. The third kappa shape index (κ3) is 10.7. The first-order valence-corrected chi connectivity index (χ1v) is 24.5. The number of aliphatic hydroxyl groups is 1. The minimum atomic E-state index is -2.23. The number of aryl methyl sites for hydroxylation is 1. The number of nitrogens with zero attached hydrogens (tertiary/aromatic N) is 1. The molecule has 1 aromatic heterocycles. The summed E-state index contributed by atoms with van der Waals surface area (Å²) >= 11 is 1.42.